The molecular formula is C62H110N2O7P+. The highest BCUT2D eigenvalue weighted by atomic mass is 31.2. The lowest BCUT2D eigenvalue weighted by Gasteiger charge is -2.27. The average Bonchev–Trinajstić information content (AvgIpc) is 3.34. The van der Waals surface area contributed by atoms with Crippen molar-refractivity contribution < 1.29 is 37.3 Å². The summed E-state index contributed by atoms with van der Waals surface area (Å²) in [7, 11) is 1.46. The molecule has 10 heteroatoms. The van der Waals surface area contributed by atoms with Gasteiger partial charge in [-0.05, 0) is 102 Å². The summed E-state index contributed by atoms with van der Waals surface area (Å²) in [6, 6.07) is -0.866. The number of likely N-dealkylation sites (N-methyl/N-ethyl adjacent to an activating group) is 1. The molecule has 0 aliphatic rings. The van der Waals surface area contributed by atoms with E-state index in [-0.39, 0.29) is 31.5 Å². The molecule has 0 fully saturated rings. The van der Waals surface area contributed by atoms with E-state index in [1.54, 1.807) is 0 Å². The monoisotopic (exact) mass is 1030 g/mol. The van der Waals surface area contributed by atoms with Crippen LogP contribution in [0.4, 0.5) is 0 Å². The topological polar surface area (TPSA) is 111 Å². The molecule has 0 radical (unpaired) electrons. The Kier molecular flexibility index (Phi) is 49.2. The smallest absolute Gasteiger partial charge is 0.456 e. The maximum atomic E-state index is 13.5. The van der Waals surface area contributed by atoms with Gasteiger partial charge in [-0.15, -0.1) is 0 Å². The number of hydrogen-bond donors (Lipinski definition) is 2. The molecule has 0 saturated heterocycles. The summed E-state index contributed by atoms with van der Waals surface area (Å²) in [5.74, 6) is -0.543. The van der Waals surface area contributed by atoms with E-state index in [9.17, 15) is 19.0 Å². The van der Waals surface area contributed by atoms with Crippen molar-refractivity contribution in [2.75, 3.05) is 40.9 Å². The van der Waals surface area contributed by atoms with Crippen molar-refractivity contribution in [2.24, 2.45) is 0 Å². The molecule has 0 aromatic heterocycles. The number of ether oxygens (including phenoxy) is 1. The van der Waals surface area contributed by atoms with E-state index in [2.05, 4.69) is 111 Å². The highest BCUT2D eigenvalue weighted by molar-refractivity contribution is 7.47. The highest BCUT2D eigenvalue weighted by Gasteiger charge is 2.30. The molecule has 0 aliphatic carbocycles. The molecule has 9 nitrogen and oxygen atoms in total. The number of hydrogen-bond acceptors (Lipinski definition) is 6. The first-order chi connectivity index (χ1) is 34.9. The predicted molar refractivity (Wildman–Crippen MR) is 309 cm³/mol. The molecule has 0 heterocycles. The Bertz CT molecular complexity index is 1560. The number of quaternary nitrogens is 1. The van der Waals surface area contributed by atoms with Gasteiger partial charge in [-0.3, -0.25) is 18.6 Å². The fraction of sp³-hybridized carbons (Fsp3) is 0.710. The molecule has 414 valence electrons. The minimum absolute atomic E-state index is 0.0300. The van der Waals surface area contributed by atoms with Crippen LogP contribution in [0.3, 0.4) is 0 Å². The zero-order chi connectivity index (χ0) is 52.9. The molecule has 72 heavy (non-hydrogen) atoms. The van der Waals surface area contributed by atoms with E-state index in [4.69, 9.17) is 13.8 Å². The Labute approximate surface area is 443 Å². The number of nitrogens with zero attached hydrogens (tertiary/aromatic N) is 1. The maximum Gasteiger partial charge on any atom is 0.472 e. The van der Waals surface area contributed by atoms with Crippen molar-refractivity contribution in [1.29, 1.82) is 0 Å². The zero-order valence-electron chi connectivity index (χ0n) is 47.1. The van der Waals surface area contributed by atoms with Crippen LogP contribution < -0.4 is 5.32 Å². The van der Waals surface area contributed by atoms with Crippen LogP contribution in [-0.4, -0.2) is 74.3 Å². The summed E-state index contributed by atoms with van der Waals surface area (Å²) in [5.41, 5.74) is 0. The SMILES string of the molecule is CC/C=C\C/C=C\C/C=C\C/C=C\C/C=C\CCCCCCCC(=O)NC(COP(=O)(O)OCC[N+](C)(C)C)C(/C=C\CCCCCCCCCCC)OC(=O)CCCCCCCCC/C=C/C/C=C/CC. The highest BCUT2D eigenvalue weighted by Crippen LogP contribution is 2.43. The molecule has 1 amide bonds. The van der Waals surface area contributed by atoms with E-state index in [1.165, 1.54) is 64.2 Å². The van der Waals surface area contributed by atoms with E-state index in [1.807, 2.05) is 33.3 Å². The van der Waals surface area contributed by atoms with Crippen molar-refractivity contribution in [1.82, 2.24) is 5.32 Å². The second kappa shape index (κ2) is 51.4. The Balaban J connectivity index is 5.31. The van der Waals surface area contributed by atoms with Crippen LogP contribution >= 0.6 is 7.82 Å². The molecular weight excluding hydrogens is 916 g/mol. The van der Waals surface area contributed by atoms with Crippen LogP contribution in [0.1, 0.15) is 233 Å². The summed E-state index contributed by atoms with van der Waals surface area (Å²) in [6.07, 6.45) is 68.3. The van der Waals surface area contributed by atoms with Crippen molar-refractivity contribution in [3.05, 3.63) is 97.2 Å². The Morgan fingerprint density at radius 2 is 0.889 bits per heavy atom. The number of unbranched alkanes of at least 4 members (excludes halogenated alkanes) is 21. The van der Waals surface area contributed by atoms with Gasteiger partial charge in [0, 0.05) is 12.8 Å². The quantitative estimate of drug-likeness (QED) is 0.0205. The molecule has 0 spiro atoms. The third-order valence-electron chi connectivity index (χ3n) is 12.3. The summed E-state index contributed by atoms with van der Waals surface area (Å²) in [6.45, 7) is 6.75. The lowest BCUT2D eigenvalue weighted by atomic mass is 10.1. The lowest BCUT2D eigenvalue weighted by Crippen LogP contribution is -2.47. The first-order valence-corrected chi connectivity index (χ1v) is 30.6. The first-order valence-electron chi connectivity index (χ1n) is 29.1. The number of carbonyl (C=O) groups is 2. The number of rotatable bonds is 51. The van der Waals surface area contributed by atoms with Gasteiger partial charge in [-0.2, -0.15) is 0 Å². The van der Waals surface area contributed by atoms with E-state index in [0.717, 1.165) is 135 Å². The van der Waals surface area contributed by atoms with E-state index in [0.29, 0.717) is 17.4 Å². The molecule has 0 aromatic rings. The van der Waals surface area contributed by atoms with Gasteiger partial charge in [-0.1, -0.05) is 215 Å². The molecule has 0 rings (SSSR count). The number of phosphoric acid groups is 1. The van der Waals surface area contributed by atoms with Crippen molar-refractivity contribution >= 4 is 19.7 Å². The van der Waals surface area contributed by atoms with Gasteiger partial charge >= 0.3 is 13.8 Å². The average molecular weight is 1030 g/mol. The Morgan fingerprint density at radius 1 is 0.500 bits per heavy atom. The summed E-state index contributed by atoms with van der Waals surface area (Å²) in [4.78, 5) is 37.6. The Morgan fingerprint density at radius 3 is 1.33 bits per heavy atom. The van der Waals surface area contributed by atoms with Crippen LogP contribution in [0, 0.1) is 0 Å². The number of allylic oxidation sites excluding steroid dienone is 15. The van der Waals surface area contributed by atoms with Crippen molar-refractivity contribution in [2.45, 2.75) is 245 Å². The third-order valence-corrected chi connectivity index (χ3v) is 13.3. The molecule has 3 unspecified atom stereocenters. The fourth-order valence-electron chi connectivity index (χ4n) is 7.83. The van der Waals surface area contributed by atoms with Crippen LogP contribution in [0.15, 0.2) is 97.2 Å². The molecule has 2 N–H and O–H groups in total. The zero-order valence-corrected chi connectivity index (χ0v) is 48.0. The van der Waals surface area contributed by atoms with Gasteiger partial charge < -0.3 is 19.4 Å². The standard InChI is InChI=1S/C62H109N2O7P/c1-7-10-13-16-19-22-25-27-29-30-31-32-33-34-35-36-39-42-45-48-51-54-61(65)63-59(58-70-72(67,68)69-57-56-64(4,5)6)60(53-50-47-44-41-38-24-21-18-15-12-9-3)71-62(66)55-52-49-46-43-40-37-28-26-23-20-17-14-11-8-2/h10-11,13-14,19-20,22-23,27,29,31-32,34-35,50,53,59-60H,7-9,12,15-18,21,24-26,28,30,33,36-49,51-52,54-58H2,1-6H3,(H-,63,65,67,68)/p+1/b13-10-,14-11+,22-19-,23-20+,29-27-,32-31-,35-34-,53-50-. The third kappa shape index (κ3) is 51.8. The van der Waals surface area contributed by atoms with E-state index >= 15 is 0 Å². The van der Waals surface area contributed by atoms with Gasteiger partial charge in [0.15, 0.2) is 0 Å². The van der Waals surface area contributed by atoms with Gasteiger partial charge in [-0.25, -0.2) is 4.57 Å². The minimum atomic E-state index is -4.46. The van der Waals surface area contributed by atoms with Gasteiger partial charge in [0.25, 0.3) is 0 Å². The van der Waals surface area contributed by atoms with E-state index < -0.39 is 20.0 Å². The van der Waals surface area contributed by atoms with Crippen LogP contribution in [0.5, 0.6) is 0 Å². The Hall–Kier alpha value is -3.07. The molecule has 0 aliphatic heterocycles. The number of nitrogens with one attached hydrogen (secondary N) is 1. The second-order valence-corrected chi connectivity index (χ2v) is 21.9. The van der Waals surface area contributed by atoms with Crippen molar-refractivity contribution in [3.63, 3.8) is 0 Å². The maximum absolute atomic E-state index is 13.5. The summed E-state index contributed by atoms with van der Waals surface area (Å²) < 4.78 is 30.6. The first kappa shape index (κ1) is 68.9. The van der Waals surface area contributed by atoms with Gasteiger partial charge in [0.1, 0.15) is 19.3 Å². The van der Waals surface area contributed by atoms with Crippen LogP contribution in [0.2, 0.25) is 0 Å². The minimum Gasteiger partial charge on any atom is -0.456 e. The number of esters is 1. The summed E-state index contributed by atoms with van der Waals surface area (Å²) in [5, 5.41) is 3.03. The number of amides is 1. The van der Waals surface area contributed by atoms with Gasteiger partial charge in [0.05, 0.1) is 33.8 Å². The molecule has 3 atom stereocenters. The van der Waals surface area contributed by atoms with Gasteiger partial charge in [0.2, 0.25) is 5.91 Å². The lowest BCUT2D eigenvalue weighted by molar-refractivity contribution is -0.870. The largest absolute Gasteiger partial charge is 0.472 e. The normalized spacial score (nSPS) is 14.5. The molecule has 0 bridgehead atoms. The molecule has 0 aromatic carbocycles. The van der Waals surface area contributed by atoms with Crippen LogP contribution in [-0.2, 0) is 27.9 Å². The number of carbonyl (C=O) groups excluding carboxylic acids is 2. The predicted octanol–water partition coefficient (Wildman–Crippen LogP) is 17.6. The number of phosphoric ester groups is 1. The molecule has 0 saturated carbocycles. The summed E-state index contributed by atoms with van der Waals surface area (Å²) >= 11 is 0. The van der Waals surface area contributed by atoms with Crippen molar-refractivity contribution in [3.8, 4) is 0 Å². The fourth-order valence-corrected chi connectivity index (χ4v) is 8.56. The van der Waals surface area contributed by atoms with Crippen LogP contribution in [0.25, 0.3) is 0 Å². The second-order valence-electron chi connectivity index (χ2n) is 20.4.